The molecule has 7 heteroatoms. The molecule has 0 aliphatic carbocycles. The maximum absolute atomic E-state index is 10.8. The summed E-state index contributed by atoms with van der Waals surface area (Å²) in [5, 5.41) is 8.92. The zero-order chi connectivity index (χ0) is 13.6. The number of para-hydroxylation sites is 1. The molecule has 4 N–H and O–H groups in total. The fourth-order valence-corrected chi connectivity index (χ4v) is 1.03. The van der Waals surface area contributed by atoms with Crippen molar-refractivity contribution in [2.45, 2.75) is 6.18 Å². The summed E-state index contributed by atoms with van der Waals surface area (Å²) in [6.45, 7) is 0. The Kier molecular flexibility index (Phi) is 4.47. The van der Waals surface area contributed by atoms with E-state index in [4.69, 9.17) is 5.41 Å². The van der Waals surface area contributed by atoms with Gasteiger partial charge in [-0.15, -0.1) is 0 Å². The molecule has 1 aliphatic heterocycles. The molecule has 0 saturated carbocycles. The van der Waals surface area contributed by atoms with E-state index in [2.05, 4.69) is 16.0 Å². The standard InChI is InChI=1S/C9H8N2.C2H3F3N2/c1-2-4-9-8(3-1)7-10-5-6-11-9;3-2(4,5)1(6)7/h1-7,11H;(H3,6,7). The fraction of sp³-hybridized carbons (Fsp3) is 0.0909. The number of nitrogens with one attached hydrogen (secondary N) is 2. The Bertz CT molecular complexity index is 477. The summed E-state index contributed by atoms with van der Waals surface area (Å²) in [5.74, 6) is -1.76. The van der Waals surface area contributed by atoms with Gasteiger partial charge in [-0.1, -0.05) is 18.2 Å². The Morgan fingerprint density at radius 1 is 1.28 bits per heavy atom. The number of alkyl halides is 3. The number of aliphatic imine (C=N–C) groups is 1. The van der Waals surface area contributed by atoms with E-state index < -0.39 is 12.0 Å². The van der Waals surface area contributed by atoms with Crippen LogP contribution in [0, 0.1) is 5.41 Å². The highest BCUT2D eigenvalue weighted by Crippen LogP contribution is 2.14. The summed E-state index contributed by atoms with van der Waals surface area (Å²) in [7, 11) is 0. The monoisotopic (exact) mass is 256 g/mol. The molecule has 0 unspecified atom stereocenters. The van der Waals surface area contributed by atoms with Gasteiger partial charge in [-0.2, -0.15) is 13.2 Å². The highest BCUT2D eigenvalue weighted by atomic mass is 19.4. The number of amidine groups is 1. The Morgan fingerprint density at radius 3 is 2.50 bits per heavy atom. The van der Waals surface area contributed by atoms with Crippen LogP contribution in [0.3, 0.4) is 0 Å². The molecule has 0 spiro atoms. The second-order valence-electron chi connectivity index (χ2n) is 3.24. The number of nitrogens with two attached hydrogens (primary N) is 1. The summed E-state index contributed by atoms with van der Waals surface area (Å²) in [6.07, 6.45) is 0.758. The Hall–Kier alpha value is -2.31. The van der Waals surface area contributed by atoms with Crippen LogP contribution in [-0.4, -0.2) is 18.2 Å². The third-order valence-corrected chi connectivity index (χ3v) is 1.88. The third-order valence-electron chi connectivity index (χ3n) is 1.88. The normalized spacial score (nSPS) is 12.6. The first-order chi connectivity index (χ1) is 8.41. The van der Waals surface area contributed by atoms with Gasteiger partial charge in [0.05, 0.1) is 0 Å². The smallest absolute Gasteiger partial charge is 0.380 e. The molecular weight excluding hydrogens is 245 g/mol. The number of halogens is 3. The van der Waals surface area contributed by atoms with E-state index in [1.807, 2.05) is 36.7 Å². The van der Waals surface area contributed by atoms with Gasteiger partial charge in [0.2, 0.25) is 0 Å². The first-order valence-electron chi connectivity index (χ1n) is 4.86. The summed E-state index contributed by atoms with van der Waals surface area (Å²) in [6, 6.07) is 8.05. The molecule has 1 aliphatic rings. The topological polar surface area (TPSA) is 74.3 Å². The minimum Gasteiger partial charge on any atom is -0.380 e. The molecule has 0 atom stereocenters. The summed E-state index contributed by atoms with van der Waals surface area (Å²) >= 11 is 0. The van der Waals surface area contributed by atoms with E-state index in [1.165, 1.54) is 0 Å². The van der Waals surface area contributed by atoms with Crippen molar-refractivity contribution >= 4 is 17.7 Å². The second kappa shape index (κ2) is 5.85. The number of benzene rings is 1. The highest BCUT2D eigenvalue weighted by Gasteiger charge is 2.31. The average molecular weight is 256 g/mol. The molecule has 0 fully saturated rings. The Labute approximate surface area is 102 Å². The van der Waals surface area contributed by atoms with Crippen molar-refractivity contribution in [2.24, 2.45) is 10.7 Å². The molecule has 96 valence electrons. The van der Waals surface area contributed by atoms with E-state index in [0.717, 1.165) is 11.3 Å². The van der Waals surface area contributed by atoms with Gasteiger partial charge >= 0.3 is 6.18 Å². The third kappa shape index (κ3) is 4.28. The predicted molar refractivity (Wildman–Crippen MR) is 64.8 cm³/mol. The number of anilines is 1. The van der Waals surface area contributed by atoms with Crippen LogP contribution in [0.5, 0.6) is 0 Å². The number of hydrogen-bond acceptors (Lipinski definition) is 3. The lowest BCUT2D eigenvalue weighted by atomic mass is 10.2. The molecular formula is C11H11F3N4. The molecule has 4 nitrogen and oxygen atoms in total. The quantitative estimate of drug-likeness (QED) is 0.492. The van der Waals surface area contributed by atoms with Crippen LogP contribution in [0.1, 0.15) is 5.56 Å². The van der Waals surface area contributed by atoms with Crippen LogP contribution in [0.4, 0.5) is 18.9 Å². The molecule has 0 bridgehead atoms. The minimum atomic E-state index is -4.64. The van der Waals surface area contributed by atoms with Crippen molar-refractivity contribution in [3.63, 3.8) is 0 Å². The number of hydrogen-bond donors (Lipinski definition) is 3. The average Bonchev–Trinajstić information content (AvgIpc) is 2.53. The lowest BCUT2D eigenvalue weighted by Crippen LogP contribution is -2.29. The van der Waals surface area contributed by atoms with Crippen molar-refractivity contribution < 1.29 is 13.2 Å². The van der Waals surface area contributed by atoms with Gasteiger partial charge in [0.25, 0.3) is 0 Å². The van der Waals surface area contributed by atoms with Crippen molar-refractivity contribution in [1.29, 1.82) is 5.41 Å². The van der Waals surface area contributed by atoms with Crippen LogP contribution >= 0.6 is 0 Å². The summed E-state index contributed by atoms with van der Waals surface area (Å²) in [4.78, 5) is 4.04. The first-order valence-corrected chi connectivity index (χ1v) is 4.86. The van der Waals surface area contributed by atoms with Gasteiger partial charge < -0.3 is 11.1 Å². The van der Waals surface area contributed by atoms with E-state index in [-0.39, 0.29) is 0 Å². The second-order valence-corrected chi connectivity index (χ2v) is 3.24. The van der Waals surface area contributed by atoms with Gasteiger partial charge in [-0.05, 0) is 6.07 Å². The molecule has 1 heterocycles. The van der Waals surface area contributed by atoms with Crippen molar-refractivity contribution in [1.82, 2.24) is 0 Å². The lowest BCUT2D eigenvalue weighted by molar-refractivity contribution is -0.0606. The summed E-state index contributed by atoms with van der Waals surface area (Å²) < 4.78 is 32.5. The SMILES string of the molecule is C1=CNc2ccccc2C=N1.N=C(N)C(F)(F)F. The zero-order valence-corrected chi connectivity index (χ0v) is 9.20. The van der Waals surface area contributed by atoms with Crippen LogP contribution in [0.25, 0.3) is 0 Å². The van der Waals surface area contributed by atoms with E-state index in [0.29, 0.717) is 0 Å². The fourth-order valence-electron chi connectivity index (χ4n) is 1.03. The zero-order valence-electron chi connectivity index (χ0n) is 9.20. The van der Waals surface area contributed by atoms with Crippen molar-refractivity contribution in [3.8, 4) is 0 Å². The maximum Gasteiger partial charge on any atom is 0.448 e. The molecule has 18 heavy (non-hydrogen) atoms. The van der Waals surface area contributed by atoms with Gasteiger partial charge in [-0.25, -0.2) is 0 Å². The Balaban J connectivity index is 0.000000203. The minimum absolute atomic E-state index is 1.10. The summed E-state index contributed by atoms with van der Waals surface area (Å²) in [5.41, 5.74) is 6.25. The lowest BCUT2D eigenvalue weighted by Gasteiger charge is -2.01. The number of nitrogens with zero attached hydrogens (tertiary/aromatic N) is 1. The molecule has 0 radical (unpaired) electrons. The van der Waals surface area contributed by atoms with E-state index in [9.17, 15) is 13.2 Å². The predicted octanol–water partition coefficient (Wildman–Crippen LogP) is 2.49. The largest absolute Gasteiger partial charge is 0.448 e. The van der Waals surface area contributed by atoms with Gasteiger partial charge in [0, 0.05) is 29.9 Å². The van der Waals surface area contributed by atoms with Crippen LogP contribution in [-0.2, 0) is 0 Å². The molecule has 2 rings (SSSR count). The molecule has 1 aromatic rings. The number of rotatable bonds is 0. The highest BCUT2D eigenvalue weighted by molar-refractivity contribution is 5.88. The van der Waals surface area contributed by atoms with Gasteiger partial charge in [0.15, 0.2) is 5.84 Å². The van der Waals surface area contributed by atoms with Crippen LogP contribution in [0.2, 0.25) is 0 Å². The van der Waals surface area contributed by atoms with Crippen LogP contribution < -0.4 is 11.1 Å². The molecule has 0 amide bonds. The van der Waals surface area contributed by atoms with E-state index >= 15 is 0 Å². The number of fused-ring (bicyclic) bond motifs is 1. The van der Waals surface area contributed by atoms with Gasteiger partial charge in [-0.3, -0.25) is 10.4 Å². The van der Waals surface area contributed by atoms with Gasteiger partial charge in [0.1, 0.15) is 0 Å². The van der Waals surface area contributed by atoms with Crippen molar-refractivity contribution in [2.75, 3.05) is 5.32 Å². The van der Waals surface area contributed by atoms with E-state index in [1.54, 1.807) is 6.20 Å². The molecule has 0 saturated heterocycles. The Morgan fingerprint density at radius 2 is 1.89 bits per heavy atom. The molecule has 0 aromatic heterocycles. The van der Waals surface area contributed by atoms with Crippen LogP contribution in [0.15, 0.2) is 41.7 Å². The maximum atomic E-state index is 10.8. The molecule has 1 aromatic carbocycles. The first kappa shape index (κ1) is 13.8. The van der Waals surface area contributed by atoms with Crippen molar-refractivity contribution in [3.05, 3.63) is 42.2 Å².